The van der Waals surface area contributed by atoms with Crippen molar-refractivity contribution < 1.29 is 14.3 Å². The van der Waals surface area contributed by atoms with Gasteiger partial charge in [0.05, 0.1) is 25.8 Å². The second kappa shape index (κ2) is 10.4. The van der Waals surface area contributed by atoms with Crippen LogP contribution in [0.25, 0.3) is 0 Å². The van der Waals surface area contributed by atoms with Gasteiger partial charge in [-0.15, -0.1) is 0 Å². The van der Waals surface area contributed by atoms with E-state index < -0.39 is 0 Å². The van der Waals surface area contributed by atoms with Gasteiger partial charge in [-0.05, 0) is 37.1 Å². The predicted octanol–water partition coefficient (Wildman–Crippen LogP) is 4.50. The highest BCUT2D eigenvalue weighted by Crippen LogP contribution is 2.34. The van der Waals surface area contributed by atoms with Gasteiger partial charge in [-0.25, -0.2) is 9.97 Å². The number of benzene rings is 2. The van der Waals surface area contributed by atoms with E-state index in [1.807, 2.05) is 18.2 Å². The third kappa shape index (κ3) is 5.13. The minimum Gasteiger partial charge on any atom is -0.497 e. The van der Waals surface area contributed by atoms with E-state index in [-0.39, 0.29) is 11.8 Å². The molecular weight excluding hydrogens is 424 g/mol. The predicted molar refractivity (Wildman–Crippen MR) is 126 cm³/mol. The number of carbonyl (C=O) groups excluding carboxylic acids is 1. The zero-order valence-corrected chi connectivity index (χ0v) is 19.0. The molecule has 2 heterocycles. The van der Waals surface area contributed by atoms with E-state index in [0.717, 1.165) is 35.1 Å². The van der Waals surface area contributed by atoms with Gasteiger partial charge in [0.25, 0.3) is 0 Å². The maximum atomic E-state index is 13.1. The molecule has 1 amide bonds. The molecule has 2 aromatic carbocycles. The molecule has 1 atom stereocenters. The number of hydrogen-bond donors (Lipinski definition) is 1. The molecule has 7 nitrogen and oxygen atoms in total. The van der Waals surface area contributed by atoms with E-state index in [0.29, 0.717) is 23.7 Å². The number of piperidine rings is 1. The molecule has 0 unspecified atom stereocenters. The van der Waals surface area contributed by atoms with E-state index in [1.54, 1.807) is 56.6 Å². The second-order valence-corrected chi connectivity index (χ2v) is 8.50. The molecular formula is C24H26N4O3S. The van der Waals surface area contributed by atoms with E-state index in [2.05, 4.69) is 32.3 Å². The Labute approximate surface area is 192 Å². The molecule has 1 aliphatic rings. The van der Waals surface area contributed by atoms with Crippen molar-refractivity contribution in [3.63, 3.8) is 0 Å². The standard InChI is InChI=1S/C24H26N4O3S/c1-30-18-10-11-20(21(15-18)31-2)27-23(29)17-7-6-14-28(16-17)22-24(26-13-12-25-22)32-19-8-4-3-5-9-19/h3-5,8-13,15,17H,6-7,14,16H2,1-2H3,(H,27,29)/t17-/m1/s1. The normalized spacial score (nSPS) is 15.8. The van der Waals surface area contributed by atoms with Crippen molar-refractivity contribution in [1.82, 2.24) is 9.97 Å². The zero-order chi connectivity index (χ0) is 22.3. The summed E-state index contributed by atoms with van der Waals surface area (Å²) in [5.41, 5.74) is 0.634. The Morgan fingerprint density at radius 3 is 2.69 bits per heavy atom. The van der Waals surface area contributed by atoms with Crippen molar-refractivity contribution in [3.8, 4) is 11.5 Å². The van der Waals surface area contributed by atoms with Crippen LogP contribution in [0.1, 0.15) is 12.8 Å². The summed E-state index contributed by atoms with van der Waals surface area (Å²) in [5.74, 6) is 1.88. The first-order valence-electron chi connectivity index (χ1n) is 10.5. The molecule has 1 N–H and O–H groups in total. The number of anilines is 2. The Hall–Kier alpha value is -3.26. The number of carbonyl (C=O) groups is 1. The van der Waals surface area contributed by atoms with Gasteiger partial charge in [-0.2, -0.15) is 0 Å². The average molecular weight is 451 g/mol. The van der Waals surface area contributed by atoms with Crippen molar-refractivity contribution in [2.75, 3.05) is 37.5 Å². The van der Waals surface area contributed by atoms with Gasteiger partial charge in [0.15, 0.2) is 5.82 Å². The lowest BCUT2D eigenvalue weighted by molar-refractivity contribution is -0.120. The van der Waals surface area contributed by atoms with Crippen LogP contribution in [0, 0.1) is 5.92 Å². The SMILES string of the molecule is COc1ccc(NC(=O)[C@@H]2CCCN(c3nccnc3Sc3ccccc3)C2)c(OC)c1. The van der Waals surface area contributed by atoms with Gasteiger partial charge in [-0.3, -0.25) is 4.79 Å². The molecule has 1 aliphatic heterocycles. The maximum Gasteiger partial charge on any atom is 0.229 e. The fourth-order valence-electron chi connectivity index (χ4n) is 3.73. The van der Waals surface area contributed by atoms with Crippen molar-refractivity contribution in [1.29, 1.82) is 0 Å². The molecule has 0 spiro atoms. The molecule has 0 radical (unpaired) electrons. The third-order valence-corrected chi connectivity index (χ3v) is 6.35. The van der Waals surface area contributed by atoms with Crippen LogP contribution in [0.3, 0.4) is 0 Å². The van der Waals surface area contributed by atoms with Gasteiger partial charge in [0.2, 0.25) is 5.91 Å². The topological polar surface area (TPSA) is 76.6 Å². The number of methoxy groups -OCH3 is 2. The van der Waals surface area contributed by atoms with Crippen molar-refractivity contribution in [3.05, 3.63) is 60.9 Å². The van der Waals surface area contributed by atoms with Gasteiger partial charge < -0.3 is 19.7 Å². The highest BCUT2D eigenvalue weighted by molar-refractivity contribution is 7.99. The number of amides is 1. The Kier molecular flexibility index (Phi) is 7.11. The summed E-state index contributed by atoms with van der Waals surface area (Å²) in [6, 6.07) is 15.5. The van der Waals surface area contributed by atoms with Gasteiger partial charge in [0, 0.05) is 36.4 Å². The molecule has 0 bridgehead atoms. The average Bonchev–Trinajstić information content (AvgIpc) is 2.85. The summed E-state index contributed by atoms with van der Waals surface area (Å²) >= 11 is 1.58. The van der Waals surface area contributed by atoms with E-state index >= 15 is 0 Å². The van der Waals surface area contributed by atoms with Crippen LogP contribution in [-0.4, -0.2) is 43.2 Å². The summed E-state index contributed by atoms with van der Waals surface area (Å²) in [7, 11) is 3.17. The Morgan fingerprint density at radius 2 is 1.91 bits per heavy atom. The van der Waals surface area contributed by atoms with Crippen LogP contribution in [0.4, 0.5) is 11.5 Å². The number of aromatic nitrogens is 2. The molecule has 3 aromatic rings. The second-order valence-electron chi connectivity index (χ2n) is 7.44. The molecule has 4 rings (SSSR count). The molecule has 32 heavy (non-hydrogen) atoms. The first-order chi connectivity index (χ1) is 15.7. The van der Waals surface area contributed by atoms with Crippen molar-refractivity contribution in [2.45, 2.75) is 22.8 Å². The number of nitrogens with one attached hydrogen (secondary N) is 1. The fourth-order valence-corrected chi connectivity index (χ4v) is 4.63. The van der Waals surface area contributed by atoms with E-state index in [9.17, 15) is 4.79 Å². The lowest BCUT2D eigenvalue weighted by atomic mass is 9.97. The zero-order valence-electron chi connectivity index (χ0n) is 18.2. The van der Waals surface area contributed by atoms with Gasteiger partial charge in [0.1, 0.15) is 16.5 Å². The maximum absolute atomic E-state index is 13.1. The molecule has 0 aliphatic carbocycles. The third-order valence-electron chi connectivity index (χ3n) is 5.36. The molecule has 1 fully saturated rings. The highest BCUT2D eigenvalue weighted by atomic mass is 32.2. The van der Waals surface area contributed by atoms with Crippen LogP contribution >= 0.6 is 11.8 Å². The number of rotatable bonds is 7. The Balaban J connectivity index is 1.48. The minimum atomic E-state index is -0.160. The van der Waals surface area contributed by atoms with Crippen LogP contribution < -0.4 is 19.7 Å². The number of ether oxygens (including phenoxy) is 2. The fraction of sp³-hybridized carbons (Fsp3) is 0.292. The number of nitrogens with zero attached hydrogens (tertiary/aromatic N) is 3. The summed E-state index contributed by atoms with van der Waals surface area (Å²) in [4.78, 5) is 25.5. The Morgan fingerprint density at radius 1 is 1.09 bits per heavy atom. The van der Waals surface area contributed by atoms with Crippen LogP contribution in [0.2, 0.25) is 0 Å². The van der Waals surface area contributed by atoms with Gasteiger partial charge >= 0.3 is 0 Å². The first-order valence-corrected chi connectivity index (χ1v) is 11.3. The lowest BCUT2D eigenvalue weighted by Gasteiger charge is -2.33. The quantitative estimate of drug-likeness (QED) is 0.568. The van der Waals surface area contributed by atoms with Crippen molar-refractivity contribution in [2.24, 2.45) is 5.92 Å². The molecule has 1 saturated heterocycles. The summed E-state index contributed by atoms with van der Waals surface area (Å²) in [5, 5.41) is 3.87. The van der Waals surface area contributed by atoms with Crippen molar-refractivity contribution >= 4 is 29.2 Å². The van der Waals surface area contributed by atoms with E-state index in [1.165, 1.54) is 0 Å². The summed E-state index contributed by atoms with van der Waals surface area (Å²) in [6.45, 7) is 1.43. The van der Waals surface area contributed by atoms with E-state index in [4.69, 9.17) is 9.47 Å². The van der Waals surface area contributed by atoms with Crippen LogP contribution in [-0.2, 0) is 4.79 Å². The molecule has 0 saturated carbocycles. The number of hydrogen-bond acceptors (Lipinski definition) is 7. The minimum absolute atomic E-state index is 0.0284. The summed E-state index contributed by atoms with van der Waals surface area (Å²) < 4.78 is 10.6. The molecule has 1 aromatic heterocycles. The van der Waals surface area contributed by atoms with Gasteiger partial charge in [-0.1, -0.05) is 30.0 Å². The monoisotopic (exact) mass is 450 g/mol. The van der Waals surface area contributed by atoms with Crippen LogP contribution in [0.15, 0.2) is 70.8 Å². The lowest BCUT2D eigenvalue weighted by Crippen LogP contribution is -2.41. The van der Waals surface area contributed by atoms with Crippen LogP contribution in [0.5, 0.6) is 11.5 Å². The molecule has 8 heteroatoms. The summed E-state index contributed by atoms with van der Waals surface area (Å²) in [6.07, 6.45) is 5.14. The highest BCUT2D eigenvalue weighted by Gasteiger charge is 2.28. The smallest absolute Gasteiger partial charge is 0.229 e. The Bertz CT molecular complexity index is 1060. The molecule has 166 valence electrons. The largest absolute Gasteiger partial charge is 0.497 e. The first kappa shape index (κ1) is 22.0.